The Morgan fingerprint density at radius 3 is 2.16 bits per heavy atom. The Bertz CT molecular complexity index is 375. The largest absolute Gasteiger partial charge is 0.481 e. The second kappa shape index (κ2) is 7.47. The third kappa shape index (κ3) is 6.51. The van der Waals surface area contributed by atoms with Crippen molar-refractivity contribution in [3.8, 4) is 0 Å². The Kier molecular flexibility index (Phi) is 6.70. The SMILES string of the molecule is CCCOC(=O)C(O)(CC(=O)O)CC(=O)OC(C)=O. The van der Waals surface area contributed by atoms with E-state index >= 15 is 0 Å². The van der Waals surface area contributed by atoms with Crippen molar-refractivity contribution in [1.29, 1.82) is 0 Å². The van der Waals surface area contributed by atoms with E-state index in [0.717, 1.165) is 6.92 Å². The Labute approximate surface area is 109 Å². The molecule has 0 aliphatic heterocycles. The maximum atomic E-state index is 11.6. The zero-order valence-corrected chi connectivity index (χ0v) is 10.7. The zero-order chi connectivity index (χ0) is 15.1. The molecule has 1 unspecified atom stereocenters. The molecule has 0 amide bonds. The lowest BCUT2D eigenvalue weighted by Gasteiger charge is -2.22. The summed E-state index contributed by atoms with van der Waals surface area (Å²) in [7, 11) is 0. The molecular formula is C11H16O8. The van der Waals surface area contributed by atoms with E-state index in [4.69, 9.17) is 5.11 Å². The van der Waals surface area contributed by atoms with Crippen molar-refractivity contribution in [2.24, 2.45) is 0 Å². The van der Waals surface area contributed by atoms with Crippen LogP contribution in [0.25, 0.3) is 0 Å². The van der Waals surface area contributed by atoms with E-state index in [1.54, 1.807) is 6.92 Å². The van der Waals surface area contributed by atoms with E-state index in [-0.39, 0.29) is 6.61 Å². The van der Waals surface area contributed by atoms with Gasteiger partial charge in [0.25, 0.3) is 0 Å². The lowest BCUT2D eigenvalue weighted by atomic mass is 9.96. The summed E-state index contributed by atoms with van der Waals surface area (Å²) in [6, 6.07) is 0. The number of esters is 3. The zero-order valence-electron chi connectivity index (χ0n) is 10.7. The van der Waals surface area contributed by atoms with Crippen LogP contribution >= 0.6 is 0 Å². The average molecular weight is 276 g/mol. The third-order valence-corrected chi connectivity index (χ3v) is 1.96. The highest BCUT2D eigenvalue weighted by Crippen LogP contribution is 2.19. The number of aliphatic hydroxyl groups is 1. The first-order valence-electron chi connectivity index (χ1n) is 5.54. The smallest absolute Gasteiger partial charge is 0.339 e. The normalized spacial score (nSPS) is 13.2. The molecule has 108 valence electrons. The van der Waals surface area contributed by atoms with Crippen molar-refractivity contribution in [2.75, 3.05) is 6.61 Å². The molecule has 8 nitrogen and oxygen atoms in total. The van der Waals surface area contributed by atoms with Crippen LogP contribution in [0.2, 0.25) is 0 Å². The Morgan fingerprint density at radius 1 is 1.16 bits per heavy atom. The molecule has 0 heterocycles. The van der Waals surface area contributed by atoms with Gasteiger partial charge in [0.05, 0.1) is 19.4 Å². The van der Waals surface area contributed by atoms with E-state index in [1.165, 1.54) is 0 Å². The molecule has 19 heavy (non-hydrogen) atoms. The molecule has 0 aromatic rings. The van der Waals surface area contributed by atoms with Crippen LogP contribution in [0.1, 0.15) is 33.1 Å². The van der Waals surface area contributed by atoms with Gasteiger partial charge in [-0.05, 0) is 6.42 Å². The summed E-state index contributed by atoms with van der Waals surface area (Å²) in [4.78, 5) is 43.9. The number of aliphatic carboxylic acids is 1. The molecule has 0 spiro atoms. The summed E-state index contributed by atoms with van der Waals surface area (Å²) in [6.07, 6.45) is -1.53. The lowest BCUT2D eigenvalue weighted by Crippen LogP contribution is -2.44. The Morgan fingerprint density at radius 2 is 1.74 bits per heavy atom. The van der Waals surface area contributed by atoms with Gasteiger partial charge < -0.3 is 19.7 Å². The predicted molar refractivity (Wildman–Crippen MR) is 59.8 cm³/mol. The van der Waals surface area contributed by atoms with E-state index in [9.17, 15) is 24.3 Å². The van der Waals surface area contributed by atoms with Gasteiger partial charge in [-0.3, -0.25) is 14.4 Å². The van der Waals surface area contributed by atoms with Gasteiger partial charge in [0.15, 0.2) is 5.60 Å². The molecule has 1 atom stereocenters. The van der Waals surface area contributed by atoms with Gasteiger partial charge in [-0.25, -0.2) is 4.79 Å². The Hall–Kier alpha value is -1.96. The van der Waals surface area contributed by atoms with Gasteiger partial charge in [-0.2, -0.15) is 0 Å². The summed E-state index contributed by atoms with van der Waals surface area (Å²) in [5.41, 5.74) is -2.55. The molecule has 0 saturated heterocycles. The molecule has 0 radical (unpaired) electrons. The fourth-order valence-electron chi connectivity index (χ4n) is 1.22. The number of ether oxygens (including phenoxy) is 2. The van der Waals surface area contributed by atoms with Crippen LogP contribution in [0, 0.1) is 0 Å². The number of carbonyl (C=O) groups excluding carboxylic acids is 3. The highest BCUT2D eigenvalue weighted by Gasteiger charge is 2.43. The number of hydrogen-bond donors (Lipinski definition) is 2. The molecule has 0 saturated carbocycles. The monoisotopic (exact) mass is 276 g/mol. The standard InChI is InChI=1S/C11H16O8/c1-3-4-18-10(16)11(17,5-8(13)14)6-9(15)19-7(2)12/h17H,3-6H2,1-2H3,(H,13,14). The summed E-state index contributed by atoms with van der Waals surface area (Å²) in [5.74, 6) is -4.86. The molecule has 0 fully saturated rings. The summed E-state index contributed by atoms with van der Waals surface area (Å²) >= 11 is 0. The number of carbonyl (C=O) groups is 4. The number of hydrogen-bond acceptors (Lipinski definition) is 7. The maximum absolute atomic E-state index is 11.6. The van der Waals surface area contributed by atoms with Crippen molar-refractivity contribution < 1.29 is 38.9 Å². The highest BCUT2D eigenvalue weighted by molar-refractivity contribution is 5.92. The molecule has 0 aliphatic rings. The third-order valence-electron chi connectivity index (χ3n) is 1.96. The summed E-state index contributed by atoms with van der Waals surface area (Å²) in [5, 5.41) is 18.5. The minimum atomic E-state index is -2.55. The number of rotatable bonds is 7. The molecule has 8 heteroatoms. The van der Waals surface area contributed by atoms with Crippen molar-refractivity contribution in [2.45, 2.75) is 38.7 Å². The fourth-order valence-corrected chi connectivity index (χ4v) is 1.22. The van der Waals surface area contributed by atoms with E-state index in [1.807, 2.05) is 0 Å². The van der Waals surface area contributed by atoms with Crippen LogP contribution in [0.3, 0.4) is 0 Å². The van der Waals surface area contributed by atoms with E-state index in [2.05, 4.69) is 9.47 Å². The van der Waals surface area contributed by atoms with Crippen LogP contribution in [0.15, 0.2) is 0 Å². The van der Waals surface area contributed by atoms with Crippen LogP contribution in [0.5, 0.6) is 0 Å². The fraction of sp³-hybridized carbons (Fsp3) is 0.636. The van der Waals surface area contributed by atoms with Gasteiger partial charge in [-0.15, -0.1) is 0 Å². The molecule has 0 aromatic heterocycles. The van der Waals surface area contributed by atoms with Crippen LogP contribution < -0.4 is 0 Å². The molecule has 0 bridgehead atoms. The Balaban J connectivity index is 4.85. The lowest BCUT2D eigenvalue weighted by molar-refractivity contribution is -0.178. The number of carboxylic acid groups (broad SMARTS) is 1. The molecule has 0 aliphatic carbocycles. The second-order valence-electron chi connectivity index (χ2n) is 3.88. The van der Waals surface area contributed by atoms with Gasteiger partial charge in [0, 0.05) is 6.92 Å². The molecule has 0 aromatic carbocycles. The first-order valence-corrected chi connectivity index (χ1v) is 5.54. The van der Waals surface area contributed by atoms with Crippen molar-refractivity contribution in [1.82, 2.24) is 0 Å². The first kappa shape index (κ1) is 17.0. The predicted octanol–water partition coefficient (Wildman–Crippen LogP) is -0.375. The van der Waals surface area contributed by atoms with Gasteiger partial charge in [0.1, 0.15) is 0 Å². The molecule has 2 N–H and O–H groups in total. The van der Waals surface area contributed by atoms with Crippen molar-refractivity contribution in [3.05, 3.63) is 0 Å². The van der Waals surface area contributed by atoms with Gasteiger partial charge in [0.2, 0.25) is 0 Å². The minimum absolute atomic E-state index is 0.0253. The van der Waals surface area contributed by atoms with Crippen LogP contribution in [-0.4, -0.2) is 46.3 Å². The summed E-state index contributed by atoms with van der Waals surface area (Å²) < 4.78 is 8.76. The van der Waals surface area contributed by atoms with Crippen molar-refractivity contribution >= 4 is 23.9 Å². The van der Waals surface area contributed by atoms with E-state index < -0.39 is 42.3 Å². The topological polar surface area (TPSA) is 127 Å². The number of carboxylic acids is 1. The molecule has 0 rings (SSSR count). The highest BCUT2D eigenvalue weighted by atomic mass is 16.6. The van der Waals surface area contributed by atoms with Crippen molar-refractivity contribution in [3.63, 3.8) is 0 Å². The minimum Gasteiger partial charge on any atom is -0.481 e. The van der Waals surface area contributed by atoms with E-state index in [0.29, 0.717) is 6.42 Å². The second-order valence-corrected chi connectivity index (χ2v) is 3.88. The summed E-state index contributed by atoms with van der Waals surface area (Å²) in [6.45, 7) is 2.64. The van der Waals surface area contributed by atoms with Crippen LogP contribution in [-0.2, 0) is 28.7 Å². The maximum Gasteiger partial charge on any atom is 0.339 e. The quantitative estimate of drug-likeness (QED) is 0.476. The van der Waals surface area contributed by atoms with Gasteiger partial charge in [-0.1, -0.05) is 6.92 Å². The average Bonchev–Trinajstić information content (AvgIpc) is 2.22. The van der Waals surface area contributed by atoms with Gasteiger partial charge >= 0.3 is 23.9 Å². The van der Waals surface area contributed by atoms with Crippen LogP contribution in [0.4, 0.5) is 0 Å². The first-order chi connectivity index (χ1) is 8.71. The molecular weight excluding hydrogens is 260 g/mol.